The van der Waals surface area contributed by atoms with Crippen LogP contribution in [-0.2, 0) is 13.5 Å². The van der Waals surface area contributed by atoms with Crippen LogP contribution in [0.15, 0.2) is 11.0 Å². The minimum Gasteiger partial charge on any atom is -0.314 e. The van der Waals surface area contributed by atoms with Gasteiger partial charge in [0, 0.05) is 13.2 Å². The average molecular weight is 173 g/mol. The van der Waals surface area contributed by atoms with E-state index in [4.69, 9.17) is 11.6 Å². The number of nitrogens with zero attached hydrogens (tertiary/aromatic N) is 2. The van der Waals surface area contributed by atoms with Crippen molar-refractivity contribution < 1.29 is 0 Å². The second-order valence-electron chi connectivity index (χ2n) is 2.28. The summed E-state index contributed by atoms with van der Waals surface area (Å²) in [4.78, 5) is 15.1. The van der Waals surface area contributed by atoms with Crippen molar-refractivity contribution in [2.24, 2.45) is 7.05 Å². The van der Waals surface area contributed by atoms with Crippen LogP contribution in [0.25, 0.3) is 0 Å². The molecular weight excluding hydrogens is 164 g/mol. The Kier molecular flexibility index (Phi) is 2.29. The third-order valence-electron chi connectivity index (χ3n) is 1.44. The van der Waals surface area contributed by atoms with Gasteiger partial charge in [-0.15, -0.1) is 0 Å². The second-order valence-corrected chi connectivity index (χ2v) is 2.67. The summed E-state index contributed by atoms with van der Waals surface area (Å²) in [5.74, 6) is 0. The van der Waals surface area contributed by atoms with E-state index in [2.05, 4.69) is 4.98 Å². The maximum Gasteiger partial charge on any atom is 0.272 e. The molecule has 1 aromatic heterocycles. The molecule has 0 aliphatic rings. The second kappa shape index (κ2) is 3.05. The Bertz CT molecular complexity index is 319. The van der Waals surface area contributed by atoms with E-state index >= 15 is 0 Å². The Labute approximate surface area is 69.6 Å². The quantitative estimate of drug-likeness (QED) is 0.634. The third kappa shape index (κ3) is 1.60. The van der Waals surface area contributed by atoms with Crippen molar-refractivity contribution in [2.75, 3.05) is 0 Å². The summed E-state index contributed by atoms with van der Waals surface area (Å²) in [6.45, 7) is 1.88. The summed E-state index contributed by atoms with van der Waals surface area (Å²) in [6, 6.07) is 0. The summed E-state index contributed by atoms with van der Waals surface area (Å²) in [6.07, 6.45) is 2.12. The van der Waals surface area contributed by atoms with Crippen molar-refractivity contribution in [3.8, 4) is 0 Å². The lowest BCUT2D eigenvalue weighted by atomic mass is 10.3. The Hall–Kier alpha value is -0.830. The molecule has 0 aliphatic heterocycles. The van der Waals surface area contributed by atoms with Gasteiger partial charge in [0.25, 0.3) is 5.56 Å². The van der Waals surface area contributed by atoms with Crippen molar-refractivity contribution in [3.05, 3.63) is 27.4 Å². The maximum absolute atomic E-state index is 11.2. The zero-order chi connectivity index (χ0) is 8.43. The van der Waals surface area contributed by atoms with Crippen LogP contribution in [0.4, 0.5) is 0 Å². The van der Waals surface area contributed by atoms with Gasteiger partial charge in [-0.05, 0) is 6.42 Å². The first kappa shape index (κ1) is 8.27. The minimum absolute atomic E-state index is 0.0723. The van der Waals surface area contributed by atoms with Gasteiger partial charge in [0.2, 0.25) is 0 Å². The molecule has 0 aromatic carbocycles. The van der Waals surface area contributed by atoms with Gasteiger partial charge in [-0.2, -0.15) is 0 Å². The highest BCUT2D eigenvalue weighted by Crippen LogP contribution is 2.00. The Morgan fingerprint density at radius 2 is 2.36 bits per heavy atom. The summed E-state index contributed by atoms with van der Waals surface area (Å²) in [5.41, 5.74) is 0.442. The summed E-state index contributed by atoms with van der Waals surface area (Å²) in [7, 11) is 1.66. The smallest absolute Gasteiger partial charge is 0.272 e. The number of rotatable bonds is 1. The summed E-state index contributed by atoms with van der Waals surface area (Å²) < 4.78 is 1.44. The van der Waals surface area contributed by atoms with E-state index in [1.54, 1.807) is 7.05 Å². The molecule has 0 spiro atoms. The first-order chi connectivity index (χ1) is 5.15. The molecular formula is C7H9ClN2O. The van der Waals surface area contributed by atoms with Crippen molar-refractivity contribution in [1.29, 1.82) is 0 Å². The molecule has 0 fully saturated rings. The van der Waals surface area contributed by atoms with Crippen molar-refractivity contribution in [3.63, 3.8) is 0 Å². The predicted octanol–water partition coefficient (Wildman–Crippen LogP) is 0.996. The van der Waals surface area contributed by atoms with Crippen LogP contribution in [0.1, 0.15) is 12.6 Å². The fraction of sp³-hybridized carbons (Fsp3) is 0.429. The summed E-state index contributed by atoms with van der Waals surface area (Å²) in [5, 5.41) is 0.365. The zero-order valence-corrected chi connectivity index (χ0v) is 7.22. The fourth-order valence-electron chi connectivity index (χ4n) is 0.858. The molecule has 0 atom stereocenters. The van der Waals surface area contributed by atoms with E-state index in [-0.39, 0.29) is 5.56 Å². The summed E-state index contributed by atoms with van der Waals surface area (Å²) >= 11 is 5.63. The van der Waals surface area contributed by atoms with Gasteiger partial charge in [-0.1, -0.05) is 18.5 Å². The Morgan fingerprint density at radius 3 is 2.91 bits per heavy atom. The highest BCUT2D eigenvalue weighted by molar-refractivity contribution is 6.29. The first-order valence-corrected chi connectivity index (χ1v) is 3.75. The van der Waals surface area contributed by atoms with E-state index in [0.717, 1.165) is 0 Å². The number of aromatic nitrogens is 2. The van der Waals surface area contributed by atoms with Gasteiger partial charge >= 0.3 is 0 Å². The SMILES string of the molecule is CCc1nc(Cl)cn(C)c1=O. The molecule has 1 rings (SSSR count). The van der Waals surface area contributed by atoms with E-state index in [0.29, 0.717) is 17.3 Å². The van der Waals surface area contributed by atoms with Crippen LogP contribution < -0.4 is 5.56 Å². The van der Waals surface area contributed by atoms with Crippen molar-refractivity contribution >= 4 is 11.6 Å². The molecule has 3 nitrogen and oxygen atoms in total. The van der Waals surface area contributed by atoms with E-state index in [1.165, 1.54) is 10.8 Å². The van der Waals surface area contributed by atoms with E-state index in [1.807, 2.05) is 6.92 Å². The standard InChI is InChI=1S/C7H9ClN2O/c1-3-5-7(11)10(2)4-6(8)9-5/h4H,3H2,1-2H3. The third-order valence-corrected chi connectivity index (χ3v) is 1.63. The predicted molar refractivity (Wildman–Crippen MR) is 43.9 cm³/mol. The van der Waals surface area contributed by atoms with Crippen LogP contribution >= 0.6 is 11.6 Å². The molecule has 0 unspecified atom stereocenters. The normalized spacial score (nSPS) is 10.1. The molecule has 1 aromatic rings. The van der Waals surface area contributed by atoms with Crippen LogP contribution in [0.5, 0.6) is 0 Å². The first-order valence-electron chi connectivity index (χ1n) is 3.37. The van der Waals surface area contributed by atoms with Gasteiger partial charge in [0.1, 0.15) is 10.8 Å². The topological polar surface area (TPSA) is 34.9 Å². The Balaban J connectivity index is 3.37. The molecule has 0 aliphatic carbocycles. The molecule has 0 amide bonds. The number of aryl methyl sites for hydroxylation is 2. The van der Waals surface area contributed by atoms with Crippen LogP contribution in [0, 0.1) is 0 Å². The molecule has 60 valence electrons. The minimum atomic E-state index is -0.0723. The van der Waals surface area contributed by atoms with Crippen LogP contribution in [0.3, 0.4) is 0 Å². The number of halogens is 1. The lowest BCUT2D eigenvalue weighted by Crippen LogP contribution is -2.21. The Morgan fingerprint density at radius 1 is 1.73 bits per heavy atom. The van der Waals surface area contributed by atoms with Crippen LogP contribution in [0.2, 0.25) is 5.15 Å². The molecule has 0 N–H and O–H groups in total. The molecule has 0 saturated heterocycles. The van der Waals surface area contributed by atoms with Gasteiger partial charge in [-0.25, -0.2) is 4.98 Å². The highest BCUT2D eigenvalue weighted by Gasteiger charge is 2.01. The van der Waals surface area contributed by atoms with Crippen molar-refractivity contribution in [2.45, 2.75) is 13.3 Å². The van der Waals surface area contributed by atoms with Gasteiger partial charge in [-0.3, -0.25) is 4.79 Å². The van der Waals surface area contributed by atoms with E-state index < -0.39 is 0 Å². The number of hydrogen-bond donors (Lipinski definition) is 0. The highest BCUT2D eigenvalue weighted by atomic mass is 35.5. The molecule has 0 bridgehead atoms. The zero-order valence-electron chi connectivity index (χ0n) is 6.47. The maximum atomic E-state index is 11.2. The molecule has 0 saturated carbocycles. The lowest BCUT2D eigenvalue weighted by molar-refractivity contribution is 0.803. The molecule has 11 heavy (non-hydrogen) atoms. The van der Waals surface area contributed by atoms with Gasteiger partial charge in [0.05, 0.1) is 0 Å². The molecule has 0 radical (unpaired) electrons. The molecule has 1 heterocycles. The monoisotopic (exact) mass is 172 g/mol. The fourth-order valence-corrected chi connectivity index (χ4v) is 1.11. The van der Waals surface area contributed by atoms with Crippen LogP contribution in [-0.4, -0.2) is 9.55 Å². The number of hydrogen-bond acceptors (Lipinski definition) is 2. The average Bonchev–Trinajstić information content (AvgIpc) is 1.96. The van der Waals surface area contributed by atoms with Gasteiger partial charge < -0.3 is 4.57 Å². The van der Waals surface area contributed by atoms with E-state index in [9.17, 15) is 4.79 Å². The lowest BCUT2D eigenvalue weighted by Gasteiger charge is -1.99. The van der Waals surface area contributed by atoms with Crippen molar-refractivity contribution in [1.82, 2.24) is 9.55 Å². The molecule has 4 heteroatoms. The largest absolute Gasteiger partial charge is 0.314 e. The van der Waals surface area contributed by atoms with Gasteiger partial charge in [0.15, 0.2) is 0 Å².